The predicted molar refractivity (Wildman–Crippen MR) is 171 cm³/mol. The second-order valence-corrected chi connectivity index (χ2v) is 11.3. The number of halogens is 2. The maximum absolute atomic E-state index is 12.0. The van der Waals surface area contributed by atoms with Gasteiger partial charge in [0.05, 0.1) is 0 Å². The van der Waals surface area contributed by atoms with Gasteiger partial charge < -0.3 is 9.80 Å². The normalized spacial score (nSPS) is 17.2. The number of fused-ring (bicyclic) bond motifs is 2. The Bertz CT molecular complexity index is 1480. The molecule has 4 aromatic carbocycles. The highest BCUT2D eigenvalue weighted by atomic mass is 35.5. The van der Waals surface area contributed by atoms with Crippen molar-refractivity contribution in [1.29, 1.82) is 0 Å². The molecule has 0 saturated carbocycles. The van der Waals surface area contributed by atoms with E-state index in [1.165, 1.54) is 34.4 Å². The van der Waals surface area contributed by atoms with Gasteiger partial charge in [-0.3, -0.25) is 9.59 Å². The van der Waals surface area contributed by atoms with Gasteiger partial charge in [-0.05, 0) is 69.8 Å². The van der Waals surface area contributed by atoms with E-state index in [2.05, 4.69) is 49.6 Å². The number of nitrogens with zero attached hydrogens (tertiary/aromatic N) is 2. The number of hydrogen-bond acceptors (Lipinski definition) is 2. The Kier molecular flexibility index (Phi) is 9.26. The first-order valence-corrected chi connectivity index (χ1v) is 14.6. The zero-order chi connectivity index (χ0) is 29.6. The molecule has 2 atom stereocenters. The maximum Gasteiger partial charge on any atom is 0.246 e. The van der Waals surface area contributed by atoms with Gasteiger partial charge in [0.2, 0.25) is 11.8 Å². The van der Waals surface area contributed by atoms with Crippen molar-refractivity contribution in [3.05, 3.63) is 166 Å². The van der Waals surface area contributed by atoms with Crippen LogP contribution >= 0.6 is 23.2 Å². The predicted octanol–water partition coefficient (Wildman–Crippen LogP) is 8.00. The molecule has 212 valence electrons. The number of hydrogen-bond donors (Lipinski definition) is 0. The van der Waals surface area contributed by atoms with Crippen molar-refractivity contribution < 1.29 is 9.59 Å². The van der Waals surface area contributed by atoms with Gasteiger partial charge in [-0.1, -0.05) is 109 Å². The molecule has 0 bridgehead atoms. The third-order valence-electron chi connectivity index (χ3n) is 7.87. The van der Waals surface area contributed by atoms with Crippen LogP contribution in [0.25, 0.3) is 0 Å². The van der Waals surface area contributed by atoms with Crippen LogP contribution in [0.5, 0.6) is 0 Å². The van der Waals surface area contributed by atoms with E-state index < -0.39 is 0 Å². The van der Waals surface area contributed by atoms with Crippen molar-refractivity contribution in [3.63, 3.8) is 0 Å². The van der Waals surface area contributed by atoms with Crippen LogP contribution in [-0.4, -0.2) is 34.7 Å². The highest BCUT2D eigenvalue weighted by Crippen LogP contribution is 2.36. The molecule has 2 aliphatic heterocycles. The highest BCUT2D eigenvalue weighted by molar-refractivity contribution is 6.31. The summed E-state index contributed by atoms with van der Waals surface area (Å²) >= 11 is 12.2. The molecule has 2 heterocycles. The molecule has 0 radical (unpaired) electrons. The lowest BCUT2D eigenvalue weighted by atomic mass is 9.84. The highest BCUT2D eigenvalue weighted by Gasteiger charge is 2.29. The van der Waals surface area contributed by atoms with E-state index in [4.69, 9.17) is 23.2 Å². The average Bonchev–Trinajstić information content (AvgIpc) is 3.03. The smallest absolute Gasteiger partial charge is 0.246 e. The standard InChI is InChI=1S/2C18H16ClNO/c2*1-2-18(21)20-11-14-10-15(19)8-9-16(14)17(12-20)13-6-4-3-5-7-13/h2*2-10,17H,1,11-12H2/t2*17-/m10/s1. The van der Waals surface area contributed by atoms with Gasteiger partial charge in [0.1, 0.15) is 0 Å². The molecule has 0 unspecified atom stereocenters. The van der Waals surface area contributed by atoms with E-state index >= 15 is 0 Å². The minimum absolute atomic E-state index is 0.0402. The number of carbonyl (C=O) groups is 2. The molecule has 2 aliphatic rings. The molecule has 0 fully saturated rings. The largest absolute Gasteiger partial charge is 0.334 e. The molecule has 0 aliphatic carbocycles. The Morgan fingerprint density at radius 1 is 0.619 bits per heavy atom. The second kappa shape index (κ2) is 13.2. The minimum Gasteiger partial charge on any atom is -0.334 e. The number of rotatable bonds is 4. The summed E-state index contributed by atoms with van der Waals surface area (Å²) in [6.45, 7) is 9.69. The van der Waals surface area contributed by atoms with Gasteiger partial charge in [0.15, 0.2) is 0 Å². The summed E-state index contributed by atoms with van der Waals surface area (Å²) in [4.78, 5) is 27.7. The molecule has 0 aromatic heterocycles. The lowest BCUT2D eigenvalue weighted by molar-refractivity contribution is -0.127. The van der Waals surface area contributed by atoms with E-state index in [1.807, 2.05) is 70.5 Å². The molecule has 6 heteroatoms. The van der Waals surface area contributed by atoms with E-state index in [0.717, 1.165) is 11.1 Å². The minimum atomic E-state index is -0.0402. The van der Waals surface area contributed by atoms with Crippen molar-refractivity contribution in [2.75, 3.05) is 13.1 Å². The van der Waals surface area contributed by atoms with Crippen LogP contribution < -0.4 is 0 Å². The monoisotopic (exact) mass is 594 g/mol. The molecule has 4 nitrogen and oxygen atoms in total. The molecular formula is C36H32Cl2N2O2. The van der Waals surface area contributed by atoms with Crippen molar-refractivity contribution in [3.8, 4) is 0 Å². The first-order chi connectivity index (χ1) is 20.4. The number of carbonyl (C=O) groups excluding carboxylic acids is 2. The lowest BCUT2D eigenvalue weighted by Crippen LogP contribution is -2.37. The third kappa shape index (κ3) is 6.51. The first kappa shape index (κ1) is 29.4. The fourth-order valence-corrected chi connectivity index (χ4v) is 6.20. The molecule has 6 rings (SSSR count). The molecule has 2 amide bonds. The van der Waals surface area contributed by atoms with Gasteiger partial charge in [-0.25, -0.2) is 0 Å². The summed E-state index contributed by atoms with van der Waals surface area (Å²) in [6, 6.07) is 32.4. The Balaban J connectivity index is 0.000000168. The van der Waals surface area contributed by atoms with Gasteiger partial charge >= 0.3 is 0 Å². The lowest BCUT2D eigenvalue weighted by Gasteiger charge is -2.34. The van der Waals surface area contributed by atoms with Crippen LogP contribution in [0.2, 0.25) is 10.0 Å². The summed E-state index contributed by atoms with van der Waals surface area (Å²) in [5, 5.41) is 1.40. The van der Waals surface area contributed by atoms with Gasteiger partial charge in [0.25, 0.3) is 0 Å². The first-order valence-electron chi connectivity index (χ1n) is 13.9. The fraction of sp³-hybridized carbons (Fsp3) is 0.167. The zero-order valence-electron chi connectivity index (χ0n) is 23.3. The summed E-state index contributed by atoms with van der Waals surface area (Å²) in [7, 11) is 0. The van der Waals surface area contributed by atoms with E-state index in [-0.39, 0.29) is 23.7 Å². The van der Waals surface area contributed by atoms with Gasteiger partial charge in [0, 0.05) is 48.1 Å². The van der Waals surface area contributed by atoms with E-state index in [1.54, 1.807) is 0 Å². The molecule has 0 spiro atoms. The molecule has 4 aromatic rings. The van der Waals surface area contributed by atoms with Gasteiger partial charge in [-0.15, -0.1) is 0 Å². The zero-order valence-corrected chi connectivity index (χ0v) is 24.8. The van der Waals surface area contributed by atoms with Gasteiger partial charge in [-0.2, -0.15) is 0 Å². The van der Waals surface area contributed by atoms with Crippen LogP contribution in [-0.2, 0) is 22.7 Å². The number of amides is 2. The average molecular weight is 596 g/mol. The second-order valence-electron chi connectivity index (χ2n) is 10.5. The van der Waals surface area contributed by atoms with Crippen molar-refractivity contribution in [2.24, 2.45) is 0 Å². The Morgan fingerprint density at radius 3 is 1.36 bits per heavy atom. The Morgan fingerprint density at radius 2 is 1.00 bits per heavy atom. The van der Waals surface area contributed by atoms with Crippen molar-refractivity contribution in [2.45, 2.75) is 24.9 Å². The summed E-state index contributed by atoms with van der Waals surface area (Å²) < 4.78 is 0. The van der Waals surface area contributed by atoms with Crippen molar-refractivity contribution >= 4 is 35.0 Å². The SMILES string of the molecule is C=CC(=O)N1Cc2cc(Cl)ccc2[C@@H](c2ccccc2)C1.C=CC(=O)N1Cc2cc(Cl)ccc2[C@H](c2ccccc2)C1. The molecule has 0 saturated heterocycles. The molecular weight excluding hydrogens is 563 g/mol. The molecule has 0 N–H and O–H groups in total. The summed E-state index contributed by atoms with van der Waals surface area (Å²) in [5.41, 5.74) is 7.14. The Labute approximate surface area is 257 Å². The van der Waals surface area contributed by atoms with Crippen LogP contribution in [0.3, 0.4) is 0 Å². The van der Waals surface area contributed by atoms with Crippen LogP contribution in [0.15, 0.2) is 122 Å². The topological polar surface area (TPSA) is 40.6 Å². The summed E-state index contributed by atoms with van der Waals surface area (Å²) in [5.74, 6) is 0.273. The Hall–Kier alpha value is -4.12. The maximum atomic E-state index is 12.0. The van der Waals surface area contributed by atoms with Crippen LogP contribution in [0, 0.1) is 0 Å². The van der Waals surface area contributed by atoms with Crippen molar-refractivity contribution in [1.82, 2.24) is 9.80 Å². The van der Waals surface area contributed by atoms with Crippen LogP contribution in [0.4, 0.5) is 0 Å². The van der Waals surface area contributed by atoms with Crippen LogP contribution in [0.1, 0.15) is 45.2 Å². The fourth-order valence-electron chi connectivity index (χ4n) is 5.81. The molecule has 42 heavy (non-hydrogen) atoms. The van der Waals surface area contributed by atoms with E-state index in [9.17, 15) is 9.59 Å². The quantitative estimate of drug-likeness (QED) is 0.225. The van der Waals surface area contributed by atoms with E-state index in [0.29, 0.717) is 36.2 Å². The summed E-state index contributed by atoms with van der Waals surface area (Å²) in [6.07, 6.45) is 2.75. The number of benzene rings is 4. The third-order valence-corrected chi connectivity index (χ3v) is 8.34.